The highest BCUT2D eigenvalue weighted by atomic mass is 32.2. The molecule has 3 heterocycles. The summed E-state index contributed by atoms with van der Waals surface area (Å²) in [7, 11) is -3.69. The van der Waals surface area contributed by atoms with Gasteiger partial charge in [0, 0.05) is 36.1 Å². The van der Waals surface area contributed by atoms with Gasteiger partial charge in [0.2, 0.25) is 10.0 Å². The zero-order valence-electron chi connectivity index (χ0n) is 19.8. The summed E-state index contributed by atoms with van der Waals surface area (Å²) in [6.07, 6.45) is -0.365. The summed E-state index contributed by atoms with van der Waals surface area (Å²) in [6, 6.07) is 9.46. The van der Waals surface area contributed by atoms with Crippen LogP contribution in [-0.2, 0) is 14.8 Å². The van der Waals surface area contributed by atoms with Crippen LogP contribution in [0.15, 0.2) is 41.3 Å². The number of morpholine rings is 1. The second-order valence-electron chi connectivity index (χ2n) is 8.59. The number of nitrogens with one attached hydrogen (secondary N) is 1. The summed E-state index contributed by atoms with van der Waals surface area (Å²) in [5, 5.41) is 7.23. The average Bonchev–Trinajstić information content (AvgIpc) is 3.12. The molecule has 1 N–H and O–H groups in total. The summed E-state index contributed by atoms with van der Waals surface area (Å²) in [4.78, 5) is 21.9. The lowest BCUT2D eigenvalue weighted by molar-refractivity contribution is -0.0440. The third-order valence-electron chi connectivity index (χ3n) is 5.37. The van der Waals surface area contributed by atoms with Crippen LogP contribution in [0.1, 0.15) is 41.3 Å². The highest BCUT2D eigenvalue weighted by Crippen LogP contribution is 2.22. The minimum Gasteiger partial charge on any atom is -0.373 e. The maximum absolute atomic E-state index is 13.1. The number of benzene rings is 1. The number of sulfonamides is 1. The van der Waals surface area contributed by atoms with Crippen LogP contribution in [0.25, 0.3) is 5.95 Å². The molecule has 0 spiro atoms. The van der Waals surface area contributed by atoms with E-state index in [1.165, 1.54) is 33.3 Å². The minimum atomic E-state index is -3.69. The van der Waals surface area contributed by atoms with E-state index in [1.54, 1.807) is 6.07 Å². The number of aromatic nitrogens is 4. The van der Waals surface area contributed by atoms with Crippen molar-refractivity contribution in [3.63, 3.8) is 0 Å². The smallest absolute Gasteiger partial charge is 0.256 e. The Bertz CT molecular complexity index is 1290. The first kappa shape index (κ1) is 24.0. The van der Waals surface area contributed by atoms with Gasteiger partial charge in [-0.3, -0.25) is 4.79 Å². The van der Waals surface area contributed by atoms with Gasteiger partial charge in [0.05, 0.1) is 22.8 Å². The summed E-state index contributed by atoms with van der Waals surface area (Å²) in [5.74, 6) is 0.375. The van der Waals surface area contributed by atoms with Crippen molar-refractivity contribution in [1.29, 1.82) is 0 Å². The molecule has 1 aliphatic heterocycles. The van der Waals surface area contributed by atoms with Crippen LogP contribution in [0.4, 0.5) is 5.82 Å². The van der Waals surface area contributed by atoms with Crippen molar-refractivity contribution >= 4 is 21.7 Å². The van der Waals surface area contributed by atoms with E-state index < -0.39 is 15.9 Å². The molecule has 2 atom stereocenters. The quantitative estimate of drug-likeness (QED) is 0.591. The summed E-state index contributed by atoms with van der Waals surface area (Å²) < 4.78 is 34.6. The highest BCUT2D eigenvalue weighted by molar-refractivity contribution is 7.89. The summed E-state index contributed by atoms with van der Waals surface area (Å²) in [6.45, 7) is 9.81. The molecule has 1 amide bonds. The van der Waals surface area contributed by atoms with E-state index >= 15 is 0 Å². The van der Waals surface area contributed by atoms with Crippen LogP contribution in [0.5, 0.6) is 0 Å². The van der Waals surface area contributed by atoms with Gasteiger partial charge in [-0.1, -0.05) is 0 Å². The number of nitrogens with zero attached hydrogens (tertiary/aromatic N) is 5. The normalized spacial score (nSPS) is 19.2. The Morgan fingerprint density at radius 2 is 1.56 bits per heavy atom. The minimum absolute atomic E-state index is 0.134. The standard InChI is InChI=1S/C23H28N6O4S/c1-14-10-15(2)25-23(24-14)29-21(11-16(3)27-29)26-22(30)19-6-8-20(9-7-19)34(31,32)28-12-17(4)33-18(5)13-28/h6-11,17-18H,12-13H2,1-5H3,(H,26,30). The third kappa shape index (κ3) is 5.01. The molecule has 2 aromatic heterocycles. The first-order valence-corrected chi connectivity index (χ1v) is 12.4. The molecule has 0 aliphatic carbocycles. The topological polar surface area (TPSA) is 119 Å². The Hall–Kier alpha value is -3.15. The van der Waals surface area contributed by atoms with Gasteiger partial charge in [-0.2, -0.15) is 14.1 Å². The molecule has 4 rings (SSSR count). The van der Waals surface area contributed by atoms with Gasteiger partial charge >= 0.3 is 0 Å². The van der Waals surface area contributed by atoms with Gasteiger partial charge in [0.15, 0.2) is 0 Å². The number of aryl methyl sites for hydroxylation is 3. The average molecular weight is 485 g/mol. The number of anilines is 1. The first-order chi connectivity index (χ1) is 16.0. The Morgan fingerprint density at radius 3 is 2.15 bits per heavy atom. The molecule has 0 saturated carbocycles. The zero-order valence-corrected chi connectivity index (χ0v) is 20.6. The van der Waals surface area contributed by atoms with E-state index in [0.29, 0.717) is 36.1 Å². The van der Waals surface area contributed by atoms with Crippen molar-refractivity contribution in [2.45, 2.75) is 51.7 Å². The molecular formula is C23H28N6O4S. The number of carbonyl (C=O) groups excluding carboxylic acids is 1. The lowest BCUT2D eigenvalue weighted by atomic mass is 10.2. The fourth-order valence-electron chi connectivity index (χ4n) is 3.99. The fraction of sp³-hybridized carbons (Fsp3) is 0.391. The molecule has 3 aromatic rings. The SMILES string of the molecule is Cc1cc(C)nc(-n2nc(C)cc2NC(=O)c2ccc(S(=O)(=O)N3CC(C)OC(C)C3)cc2)n1. The maximum Gasteiger partial charge on any atom is 0.256 e. The van der Waals surface area contributed by atoms with Crippen molar-refractivity contribution in [3.05, 3.63) is 59.0 Å². The molecule has 10 nitrogen and oxygen atoms in total. The van der Waals surface area contributed by atoms with Crippen LogP contribution < -0.4 is 5.32 Å². The van der Waals surface area contributed by atoms with E-state index in [9.17, 15) is 13.2 Å². The highest BCUT2D eigenvalue weighted by Gasteiger charge is 2.32. The van der Waals surface area contributed by atoms with Gasteiger partial charge < -0.3 is 10.1 Å². The van der Waals surface area contributed by atoms with E-state index in [0.717, 1.165) is 11.4 Å². The summed E-state index contributed by atoms with van der Waals surface area (Å²) in [5.41, 5.74) is 2.57. The first-order valence-electron chi connectivity index (χ1n) is 11.0. The van der Waals surface area contributed by atoms with Crippen molar-refractivity contribution in [1.82, 2.24) is 24.1 Å². The number of hydrogen-bond acceptors (Lipinski definition) is 7. The third-order valence-corrected chi connectivity index (χ3v) is 7.22. The van der Waals surface area contributed by atoms with Crippen molar-refractivity contribution < 1.29 is 17.9 Å². The molecule has 1 saturated heterocycles. The van der Waals surface area contributed by atoms with Gasteiger partial charge in [0.1, 0.15) is 5.82 Å². The molecule has 1 fully saturated rings. The van der Waals surface area contributed by atoms with Crippen molar-refractivity contribution in [2.75, 3.05) is 18.4 Å². The molecule has 11 heteroatoms. The molecule has 1 aromatic carbocycles. The summed E-state index contributed by atoms with van der Waals surface area (Å²) >= 11 is 0. The Kier molecular flexibility index (Phi) is 6.52. The Balaban J connectivity index is 1.54. The predicted molar refractivity (Wildman–Crippen MR) is 127 cm³/mol. The Morgan fingerprint density at radius 1 is 0.971 bits per heavy atom. The van der Waals surface area contributed by atoms with Crippen LogP contribution in [0.2, 0.25) is 0 Å². The van der Waals surface area contributed by atoms with E-state index in [-0.39, 0.29) is 17.1 Å². The number of ether oxygens (including phenoxy) is 1. The lowest BCUT2D eigenvalue weighted by Crippen LogP contribution is -2.48. The molecule has 1 aliphatic rings. The molecule has 0 radical (unpaired) electrons. The molecule has 180 valence electrons. The fourth-order valence-corrected chi connectivity index (χ4v) is 5.58. The van der Waals surface area contributed by atoms with Crippen LogP contribution in [0, 0.1) is 20.8 Å². The number of amides is 1. The maximum atomic E-state index is 13.1. The number of rotatable bonds is 5. The molecule has 0 bridgehead atoms. The molecular weight excluding hydrogens is 456 g/mol. The molecule has 2 unspecified atom stereocenters. The Labute approximate surface area is 199 Å². The van der Waals surface area contributed by atoms with Crippen LogP contribution >= 0.6 is 0 Å². The van der Waals surface area contributed by atoms with E-state index in [1.807, 2.05) is 40.7 Å². The van der Waals surface area contributed by atoms with Crippen molar-refractivity contribution in [2.24, 2.45) is 0 Å². The van der Waals surface area contributed by atoms with Gasteiger partial charge in [-0.25, -0.2) is 18.4 Å². The monoisotopic (exact) mass is 484 g/mol. The van der Waals surface area contributed by atoms with Crippen LogP contribution in [-0.4, -0.2) is 63.7 Å². The second kappa shape index (κ2) is 9.24. The zero-order chi connectivity index (χ0) is 24.6. The van der Waals surface area contributed by atoms with E-state index in [4.69, 9.17) is 4.74 Å². The number of carbonyl (C=O) groups is 1. The lowest BCUT2D eigenvalue weighted by Gasteiger charge is -2.34. The second-order valence-corrected chi connectivity index (χ2v) is 10.5. The van der Waals surface area contributed by atoms with Crippen LogP contribution in [0.3, 0.4) is 0 Å². The van der Waals surface area contributed by atoms with Gasteiger partial charge in [-0.15, -0.1) is 0 Å². The predicted octanol–water partition coefficient (Wildman–Crippen LogP) is 2.64. The van der Waals surface area contributed by atoms with Gasteiger partial charge in [0.25, 0.3) is 11.9 Å². The largest absolute Gasteiger partial charge is 0.373 e. The van der Waals surface area contributed by atoms with Crippen molar-refractivity contribution in [3.8, 4) is 5.95 Å². The van der Waals surface area contributed by atoms with E-state index in [2.05, 4.69) is 20.4 Å². The van der Waals surface area contributed by atoms with Gasteiger partial charge in [-0.05, 0) is 65.0 Å². The number of hydrogen-bond donors (Lipinski definition) is 1. The molecule has 34 heavy (non-hydrogen) atoms.